The molecule has 4 nitrogen and oxygen atoms in total. The van der Waals surface area contributed by atoms with Crippen molar-refractivity contribution in [2.24, 2.45) is 10.4 Å². The average molecular weight is 392 g/mol. The first-order valence-corrected chi connectivity index (χ1v) is 7.90. The lowest BCUT2D eigenvalue weighted by molar-refractivity contribution is 0.321. The van der Waals surface area contributed by atoms with Crippen LogP contribution in [0.15, 0.2) is 4.99 Å². The summed E-state index contributed by atoms with van der Waals surface area (Å²) in [6.07, 6.45) is 5.35. The van der Waals surface area contributed by atoms with Crippen LogP contribution in [0, 0.1) is 5.41 Å². The van der Waals surface area contributed by atoms with Crippen molar-refractivity contribution in [3.63, 3.8) is 0 Å². The second-order valence-electron chi connectivity index (χ2n) is 7.07. The molecule has 2 aliphatic carbocycles. The average Bonchev–Trinajstić information content (AvgIpc) is 3.23. The molecule has 2 N–H and O–H groups in total. The Morgan fingerprint density at radius 1 is 1.25 bits per heavy atom. The van der Waals surface area contributed by atoms with Crippen molar-refractivity contribution in [1.29, 1.82) is 0 Å². The smallest absolute Gasteiger partial charge is 0.191 e. The molecule has 0 aromatic carbocycles. The molecule has 3 aliphatic rings. The minimum Gasteiger partial charge on any atom is -0.353 e. The highest BCUT2D eigenvalue weighted by molar-refractivity contribution is 14.0. The Balaban J connectivity index is 0.00000147. The van der Waals surface area contributed by atoms with Crippen molar-refractivity contribution < 1.29 is 0 Å². The van der Waals surface area contributed by atoms with E-state index < -0.39 is 0 Å². The number of nitrogens with zero attached hydrogens (tertiary/aromatic N) is 2. The van der Waals surface area contributed by atoms with Crippen molar-refractivity contribution in [2.75, 3.05) is 19.6 Å². The first-order valence-electron chi connectivity index (χ1n) is 7.90. The number of likely N-dealkylation sites (tertiary alicyclic amines) is 1. The molecule has 0 radical (unpaired) electrons. The van der Waals surface area contributed by atoms with Crippen molar-refractivity contribution in [1.82, 2.24) is 15.5 Å². The molecule has 0 spiro atoms. The topological polar surface area (TPSA) is 39.7 Å². The maximum Gasteiger partial charge on any atom is 0.191 e. The number of nitrogens with one attached hydrogen (secondary N) is 2. The molecule has 2 saturated carbocycles. The molecule has 0 aromatic heterocycles. The summed E-state index contributed by atoms with van der Waals surface area (Å²) in [5, 5.41) is 7.22. The zero-order valence-corrected chi connectivity index (χ0v) is 15.3. The van der Waals surface area contributed by atoms with Crippen LogP contribution in [-0.4, -0.2) is 48.6 Å². The van der Waals surface area contributed by atoms with E-state index in [9.17, 15) is 0 Å². The van der Waals surface area contributed by atoms with Gasteiger partial charge in [-0.2, -0.15) is 0 Å². The molecule has 0 aromatic rings. The molecule has 3 rings (SSSR count). The molecule has 0 amide bonds. The first kappa shape index (κ1) is 16.3. The Hall–Kier alpha value is -0.0400. The van der Waals surface area contributed by atoms with E-state index in [4.69, 9.17) is 0 Å². The van der Waals surface area contributed by atoms with Gasteiger partial charge in [0.2, 0.25) is 0 Å². The zero-order chi connectivity index (χ0) is 13.5. The standard InChI is InChI=1S/C15H28N4.HI/c1-4-16-14(18-13-9-15(13,2)3)17-11-7-8-19(10-11)12-5-6-12;/h11-13H,4-10H2,1-3H3,(H2,16,17,18);1H. The van der Waals surface area contributed by atoms with Crippen molar-refractivity contribution in [3.8, 4) is 0 Å². The van der Waals surface area contributed by atoms with Crippen LogP contribution < -0.4 is 10.6 Å². The molecule has 116 valence electrons. The predicted octanol–water partition coefficient (Wildman–Crippen LogP) is 2.19. The van der Waals surface area contributed by atoms with E-state index in [2.05, 4.69) is 41.3 Å². The summed E-state index contributed by atoms with van der Waals surface area (Å²) in [4.78, 5) is 7.24. The number of hydrogen-bond acceptors (Lipinski definition) is 2. The zero-order valence-electron chi connectivity index (χ0n) is 13.0. The van der Waals surface area contributed by atoms with E-state index in [0.29, 0.717) is 17.5 Å². The minimum absolute atomic E-state index is 0. The molecule has 0 bridgehead atoms. The third-order valence-electron chi connectivity index (χ3n) is 4.76. The van der Waals surface area contributed by atoms with Gasteiger partial charge in [-0.15, -0.1) is 24.0 Å². The van der Waals surface area contributed by atoms with Crippen LogP contribution >= 0.6 is 24.0 Å². The summed E-state index contributed by atoms with van der Waals surface area (Å²) in [5.74, 6) is 1.03. The molecule has 1 heterocycles. The van der Waals surface area contributed by atoms with Crippen molar-refractivity contribution in [3.05, 3.63) is 0 Å². The lowest BCUT2D eigenvalue weighted by atomic mass is 10.2. The lowest BCUT2D eigenvalue weighted by Gasteiger charge is -2.19. The van der Waals surface area contributed by atoms with Crippen LogP contribution in [0.5, 0.6) is 0 Å². The van der Waals surface area contributed by atoms with Gasteiger partial charge in [-0.1, -0.05) is 13.8 Å². The Morgan fingerprint density at radius 2 is 1.95 bits per heavy atom. The van der Waals surface area contributed by atoms with Gasteiger partial charge in [0.1, 0.15) is 0 Å². The summed E-state index contributed by atoms with van der Waals surface area (Å²) in [6, 6.07) is 2.08. The van der Waals surface area contributed by atoms with Crippen molar-refractivity contribution >= 4 is 29.9 Å². The fourth-order valence-corrected chi connectivity index (χ4v) is 3.04. The molecule has 3 fully saturated rings. The third-order valence-corrected chi connectivity index (χ3v) is 4.76. The van der Waals surface area contributed by atoms with Crippen LogP contribution in [0.2, 0.25) is 0 Å². The molecular weight excluding hydrogens is 363 g/mol. The minimum atomic E-state index is 0. The van der Waals surface area contributed by atoms with Crippen LogP contribution in [0.25, 0.3) is 0 Å². The Labute approximate surface area is 140 Å². The molecule has 2 unspecified atom stereocenters. The Kier molecular flexibility index (Phi) is 5.21. The van der Waals surface area contributed by atoms with Crippen LogP contribution in [0.4, 0.5) is 0 Å². The van der Waals surface area contributed by atoms with Gasteiger partial charge in [-0.25, -0.2) is 0 Å². The fourth-order valence-electron chi connectivity index (χ4n) is 3.04. The van der Waals surface area contributed by atoms with Gasteiger partial charge in [0.25, 0.3) is 0 Å². The highest BCUT2D eigenvalue weighted by Gasteiger charge is 2.46. The van der Waals surface area contributed by atoms with Gasteiger partial charge >= 0.3 is 0 Å². The third kappa shape index (κ3) is 4.00. The molecule has 2 atom stereocenters. The monoisotopic (exact) mass is 392 g/mol. The maximum absolute atomic E-state index is 4.59. The number of aliphatic imine (C=N–C) groups is 1. The Bertz CT molecular complexity index is 365. The van der Waals surface area contributed by atoms with E-state index in [-0.39, 0.29) is 24.0 Å². The van der Waals surface area contributed by atoms with Gasteiger partial charge in [-0.3, -0.25) is 9.89 Å². The summed E-state index contributed by atoms with van der Waals surface area (Å²) in [7, 11) is 0. The number of halogens is 1. The van der Waals surface area contributed by atoms with Gasteiger partial charge < -0.3 is 10.6 Å². The molecule has 1 aliphatic heterocycles. The fraction of sp³-hybridized carbons (Fsp3) is 0.933. The molecular formula is C15H29IN4. The quantitative estimate of drug-likeness (QED) is 0.438. The number of guanidine groups is 1. The first-order chi connectivity index (χ1) is 9.08. The number of hydrogen-bond donors (Lipinski definition) is 2. The normalized spacial score (nSPS) is 32.6. The van der Waals surface area contributed by atoms with Gasteiger partial charge in [0.05, 0.1) is 0 Å². The summed E-state index contributed by atoms with van der Waals surface area (Å²) in [5.41, 5.74) is 0.450. The summed E-state index contributed by atoms with van der Waals surface area (Å²) >= 11 is 0. The van der Waals surface area contributed by atoms with Crippen LogP contribution in [-0.2, 0) is 0 Å². The van der Waals surface area contributed by atoms with Crippen LogP contribution in [0.3, 0.4) is 0 Å². The van der Waals surface area contributed by atoms with Crippen molar-refractivity contribution in [2.45, 2.75) is 64.6 Å². The highest BCUT2D eigenvalue weighted by atomic mass is 127. The molecule has 1 saturated heterocycles. The van der Waals surface area contributed by atoms with E-state index in [1.165, 1.54) is 38.8 Å². The largest absolute Gasteiger partial charge is 0.353 e. The molecule has 20 heavy (non-hydrogen) atoms. The van der Waals surface area contributed by atoms with E-state index >= 15 is 0 Å². The Morgan fingerprint density at radius 3 is 2.50 bits per heavy atom. The highest BCUT2D eigenvalue weighted by Crippen LogP contribution is 2.44. The maximum atomic E-state index is 4.59. The van der Waals surface area contributed by atoms with Gasteiger partial charge in [0.15, 0.2) is 5.96 Å². The predicted molar refractivity (Wildman–Crippen MR) is 94.8 cm³/mol. The lowest BCUT2D eigenvalue weighted by Crippen LogP contribution is -2.46. The summed E-state index contributed by atoms with van der Waals surface area (Å²) in [6.45, 7) is 10.0. The van der Waals surface area contributed by atoms with E-state index in [0.717, 1.165) is 18.5 Å². The second kappa shape index (κ2) is 6.38. The second-order valence-corrected chi connectivity index (χ2v) is 7.07. The SMILES string of the molecule is CCN=C(NC1CCN(C2CC2)C1)NC1CC1(C)C.I. The summed E-state index contributed by atoms with van der Waals surface area (Å²) < 4.78 is 0. The van der Waals surface area contributed by atoms with Gasteiger partial charge in [-0.05, 0) is 38.0 Å². The molecule has 5 heteroatoms. The van der Waals surface area contributed by atoms with E-state index in [1.54, 1.807) is 0 Å². The number of rotatable bonds is 4. The van der Waals surface area contributed by atoms with Gasteiger partial charge in [0, 0.05) is 37.8 Å². The van der Waals surface area contributed by atoms with E-state index in [1.807, 2.05) is 0 Å². The van der Waals surface area contributed by atoms with Crippen LogP contribution in [0.1, 0.15) is 46.5 Å².